The minimum Gasteiger partial charge on any atom is -0.458 e. The normalized spacial score (nSPS) is 54.6. The van der Waals surface area contributed by atoms with Crippen LogP contribution < -0.4 is 0 Å². The predicted molar refractivity (Wildman–Crippen MR) is 102 cm³/mol. The fraction of sp³-hybridized carbons (Fsp3) is 0.870. The van der Waals surface area contributed by atoms with E-state index in [4.69, 9.17) is 4.74 Å². The van der Waals surface area contributed by atoms with E-state index in [9.17, 15) is 15.0 Å². The zero-order valence-corrected chi connectivity index (χ0v) is 16.7. The monoisotopic (exact) mass is 374 g/mol. The summed E-state index contributed by atoms with van der Waals surface area (Å²) in [5.74, 6) is 1.59. The smallest absolute Gasteiger partial charge is 0.331 e. The average Bonchev–Trinajstić information content (AvgIpc) is 3.16. The summed E-state index contributed by atoms with van der Waals surface area (Å²) in [6.07, 6.45) is 10.8. The Kier molecular flexibility index (Phi) is 3.92. The molecule has 0 aromatic carbocycles. The third kappa shape index (κ3) is 2.32. The second-order valence-corrected chi connectivity index (χ2v) is 10.7. The SMILES string of the molecule is C[C@]12CC[C@@H](O)C[C@H]1CC[C@@H]1[C@@H]2CC[C@]2(C)[C@@H](C3=CC(=O)OC3)CC[C@]12O. The standard InChI is InChI=1S/C23H34O4/c1-21-8-5-16(24)12-15(21)3-4-19-18(21)6-9-22(2)17(7-10-23(19,22)26)14-11-20(25)27-13-14/h11,15-19,24,26H,3-10,12-13H2,1-2H3/t15-,16-,17-,18+,19-,21+,22-,23+/m1/s1. The van der Waals surface area contributed by atoms with Crippen LogP contribution in [0.4, 0.5) is 0 Å². The van der Waals surface area contributed by atoms with Crippen molar-refractivity contribution in [1.29, 1.82) is 0 Å². The third-order valence-electron chi connectivity index (χ3n) is 9.96. The Morgan fingerprint density at radius 3 is 2.59 bits per heavy atom. The van der Waals surface area contributed by atoms with Gasteiger partial charge in [0.2, 0.25) is 0 Å². The molecule has 1 heterocycles. The van der Waals surface area contributed by atoms with E-state index in [-0.39, 0.29) is 28.8 Å². The molecule has 5 aliphatic rings. The highest BCUT2D eigenvalue weighted by atomic mass is 16.5. The van der Waals surface area contributed by atoms with Crippen molar-refractivity contribution in [2.45, 2.75) is 83.3 Å². The summed E-state index contributed by atoms with van der Waals surface area (Å²) in [6.45, 7) is 5.15. The Morgan fingerprint density at radius 2 is 1.85 bits per heavy atom. The number of fused-ring (bicyclic) bond motifs is 5. The topological polar surface area (TPSA) is 66.8 Å². The lowest BCUT2D eigenvalue weighted by atomic mass is 9.43. The molecule has 4 fully saturated rings. The maximum atomic E-state index is 12.1. The fourth-order valence-corrected chi connectivity index (χ4v) is 8.39. The lowest BCUT2D eigenvalue weighted by molar-refractivity contribution is -0.208. The summed E-state index contributed by atoms with van der Waals surface area (Å²) in [5, 5.41) is 22.3. The number of carbonyl (C=O) groups excluding carboxylic acids is 1. The summed E-state index contributed by atoms with van der Waals surface area (Å²) < 4.78 is 5.20. The van der Waals surface area contributed by atoms with Crippen molar-refractivity contribution in [2.24, 2.45) is 34.5 Å². The summed E-state index contributed by atoms with van der Waals surface area (Å²) in [7, 11) is 0. The van der Waals surface area contributed by atoms with Crippen molar-refractivity contribution in [3.63, 3.8) is 0 Å². The molecule has 0 spiro atoms. The zero-order valence-electron chi connectivity index (χ0n) is 16.7. The van der Waals surface area contributed by atoms with E-state index in [0.717, 1.165) is 56.9 Å². The number of ether oxygens (including phenoxy) is 1. The molecule has 0 radical (unpaired) electrons. The minimum atomic E-state index is -0.628. The molecule has 1 aliphatic heterocycles. The van der Waals surface area contributed by atoms with Crippen LogP contribution in [0.2, 0.25) is 0 Å². The number of cyclic esters (lactones) is 1. The van der Waals surface area contributed by atoms with E-state index in [1.165, 1.54) is 6.42 Å². The second-order valence-electron chi connectivity index (χ2n) is 10.7. The zero-order chi connectivity index (χ0) is 19.0. The molecule has 27 heavy (non-hydrogen) atoms. The van der Waals surface area contributed by atoms with Crippen LogP contribution in [0.3, 0.4) is 0 Å². The first-order valence-corrected chi connectivity index (χ1v) is 11.1. The van der Waals surface area contributed by atoms with Crippen molar-refractivity contribution < 1.29 is 19.7 Å². The number of rotatable bonds is 1. The lowest BCUT2D eigenvalue weighted by Crippen LogP contribution is -2.62. The van der Waals surface area contributed by atoms with Crippen LogP contribution >= 0.6 is 0 Å². The van der Waals surface area contributed by atoms with Gasteiger partial charge in [-0.1, -0.05) is 13.8 Å². The number of hydrogen-bond acceptors (Lipinski definition) is 4. The van der Waals surface area contributed by atoms with Crippen molar-refractivity contribution in [1.82, 2.24) is 0 Å². The first-order valence-electron chi connectivity index (χ1n) is 11.1. The van der Waals surface area contributed by atoms with Crippen LogP contribution in [0.25, 0.3) is 0 Å². The molecule has 0 aromatic heterocycles. The number of aliphatic hydroxyl groups excluding tert-OH is 1. The molecule has 4 aliphatic carbocycles. The molecule has 5 rings (SSSR count). The van der Waals surface area contributed by atoms with E-state index in [2.05, 4.69) is 13.8 Å². The van der Waals surface area contributed by atoms with Crippen molar-refractivity contribution in [3.8, 4) is 0 Å². The minimum absolute atomic E-state index is 0.126. The molecule has 150 valence electrons. The van der Waals surface area contributed by atoms with E-state index in [1.807, 2.05) is 0 Å². The maximum absolute atomic E-state index is 12.1. The highest BCUT2D eigenvalue weighted by molar-refractivity contribution is 5.85. The molecule has 8 atom stereocenters. The molecule has 0 unspecified atom stereocenters. The van der Waals surface area contributed by atoms with E-state index in [1.54, 1.807) is 6.08 Å². The Hall–Kier alpha value is -0.870. The van der Waals surface area contributed by atoms with Crippen LogP contribution in [0.15, 0.2) is 11.6 Å². The lowest BCUT2D eigenvalue weighted by Gasteiger charge is -2.63. The van der Waals surface area contributed by atoms with E-state index >= 15 is 0 Å². The highest BCUT2D eigenvalue weighted by Crippen LogP contribution is 2.69. The van der Waals surface area contributed by atoms with Gasteiger partial charge in [-0.15, -0.1) is 0 Å². The van der Waals surface area contributed by atoms with Gasteiger partial charge in [0.15, 0.2) is 0 Å². The molecule has 0 aromatic rings. The molecule has 0 bridgehead atoms. The van der Waals surface area contributed by atoms with Gasteiger partial charge in [-0.3, -0.25) is 0 Å². The fourth-order valence-electron chi connectivity index (χ4n) is 8.39. The summed E-state index contributed by atoms with van der Waals surface area (Å²) in [5.41, 5.74) is 0.600. The molecule has 0 saturated heterocycles. The van der Waals surface area contributed by atoms with Crippen molar-refractivity contribution in [3.05, 3.63) is 11.6 Å². The number of aliphatic hydroxyl groups is 2. The molecule has 4 saturated carbocycles. The maximum Gasteiger partial charge on any atom is 0.331 e. The molecular formula is C23H34O4. The van der Waals surface area contributed by atoms with Crippen LogP contribution in [0.5, 0.6) is 0 Å². The third-order valence-corrected chi connectivity index (χ3v) is 9.96. The molecule has 0 amide bonds. The average molecular weight is 375 g/mol. The van der Waals surface area contributed by atoms with Gasteiger partial charge < -0.3 is 14.9 Å². The number of esters is 1. The molecular weight excluding hydrogens is 340 g/mol. The van der Waals surface area contributed by atoms with E-state index < -0.39 is 5.60 Å². The first kappa shape index (κ1) is 18.2. The van der Waals surface area contributed by atoms with Crippen LogP contribution in [0.1, 0.15) is 71.6 Å². The van der Waals surface area contributed by atoms with Gasteiger partial charge in [-0.25, -0.2) is 4.79 Å². The largest absolute Gasteiger partial charge is 0.458 e. The first-order chi connectivity index (χ1) is 12.8. The molecule has 2 N–H and O–H groups in total. The van der Waals surface area contributed by atoms with Gasteiger partial charge in [-0.05, 0) is 92.4 Å². The van der Waals surface area contributed by atoms with Crippen molar-refractivity contribution >= 4 is 5.97 Å². The quantitative estimate of drug-likeness (QED) is 0.688. The summed E-state index contributed by atoms with van der Waals surface area (Å²) in [6, 6.07) is 0. The number of carbonyl (C=O) groups is 1. The van der Waals surface area contributed by atoms with E-state index in [0.29, 0.717) is 24.4 Å². The van der Waals surface area contributed by atoms with Gasteiger partial charge in [0.25, 0.3) is 0 Å². The Labute approximate surface area is 162 Å². The van der Waals surface area contributed by atoms with Gasteiger partial charge >= 0.3 is 5.97 Å². The van der Waals surface area contributed by atoms with Crippen molar-refractivity contribution in [2.75, 3.05) is 6.61 Å². The Balaban J connectivity index is 1.47. The van der Waals surface area contributed by atoms with Gasteiger partial charge in [0.1, 0.15) is 6.61 Å². The molecule has 4 heteroatoms. The summed E-state index contributed by atoms with van der Waals surface area (Å²) >= 11 is 0. The highest BCUT2D eigenvalue weighted by Gasteiger charge is 2.67. The summed E-state index contributed by atoms with van der Waals surface area (Å²) in [4.78, 5) is 11.6. The van der Waals surface area contributed by atoms with Gasteiger partial charge in [0.05, 0.1) is 11.7 Å². The predicted octanol–water partition coefficient (Wildman–Crippen LogP) is 3.60. The molecule has 4 nitrogen and oxygen atoms in total. The van der Waals surface area contributed by atoms with Crippen LogP contribution in [-0.4, -0.2) is 34.5 Å². The second kappa shape index (κ2) is 5.82. The van der Waals surface area contributed by atoms with Gasteiger partial charge in [-0.2, -0.15) is 0 Å². The number of hydrogen-bond donors (Lipinski definition) is 2. The van der Waals surface area contributed by atoms with Crippen LogP contribution in [0, 0.1) is 34.5 Å². The van der Waals surface area contributed by atoms with Crippen LogP contribution in [-0.2, 0) is 9.53 Å². The Bertz CT molecular complexity index is 686. The Morgan fingerprint density at radius 1 is 1.04 bits per heavy atom. The van der Waals surface area contributed by atoms with Gasteiger partial charge in [0, 0.05) is 11.5 Å².